The maximum Gasteiger partial charge on any atom is 0.0761 e. The largest absolute Gasteiger partial charge is 0.389 e. The summed E-state index contributed by atoms with van der Waals surface area (Å²) in [6.45, 7) is 2.96. The summed E-state index contributed by atoms with van der Waals surface area (Å²) >= 11 is 0. The molecule has 0 bridgehead atoms. The summed E-state index contributed by atoms with van der Waals surface area (Å²) < 4.78 is 0. The lowest BCUT2D eigenvalue weighted by atomic mass is 10.1. The lowest BCUT2D eigenvalue weighted by molar-refractivity contribution is 0.199. The molecule has 1 atom stereocenters. The van der Waals surface area contributed by atoms with Crippen molar-refractivity contribution < 1.29 is 5.11 Å². The van der Waals surface area contributed by atoms with Crippen LogP contribution in [0.15, 0.2) is 24.3 Å². The van der Waals surface area contributed by atoms with Crippen LogP contribution >= 0.6 is 0 Å². The third-order valence-corrected chi connectivity index (χ3v) is 3.05. The second kappa shape index (κ2) is 4.23. The number of aliphatic hydroxyl groups excluding tert-OH is 1. The molecular formula is C13H19NO. The lowest BCUT2D eigenvalue weighted by Crippen LogP contribution is -2.19. The smallest absolute Gasteiger partial charge is 0.0761 e. The van der Waals surface area contributed by atoms with Gasteiger partial charge in [-0.3, -0.25) is 0 Å². The molecule has 0 aliphatic heterocycles. The second-order valence-electron chi connectivity index (χ2n) is 4.59. The Morgan fingerprint density at radius 3 is 2.40 bits per heavy atom. The third-order valence-electron chi connectivity index (χ3n) is 3.05. The van der Waals surface area contributed by atoms with E-state index < -0.39 is 0 Å². The Bertz CT molecular complexity index is 314. The van der Waals surface area contributed by atoms with Crippen molar-refractivity contribution in [2.75, 3.05) is 18.5 Å². The molecule has 0 amide bonds. The summed E-state index contributed by atoms with van der Waals surface area (Å²) in [4.78, 5) is 2.30. The number of hydrogen-bond donors (Lipinski definition) is 1. The molecule has 15 heavy (non-hydrogen) atoms. The Balaban J connectivity index is 2.01. The molecule has 2 heteroatoms. The number of anilines is 1. The first-order chi connectivity index (χ1) is 7.16. The monoisotopic (exact) mass is 205 g/mol. The Labute approximate surface area is 91.5 Å². The predicted molar refractivity (Wildman–Crippen MR) is 63.1 cm³/mol. The topological polar surface area (TPSA) is 23.5 Å². The van der Waals surface area contributed by atoms with E-state index in [0.717, 1.165) is 18.0 Å². The van der Waals surface area contributed by atoms with Crippen molar-refractivity contribution in [3.63, 3.8) is 0 Å². The van der Waals surface area contributed by atoms with Gasteiger partial charge in [0.1, 0.15) is 0 Å². The van der Waals surface area contributed by atoms with E-state index >= 15 is 0 Å². The molecule has 1 fully saturated rings. The number of benzene rings is 1. The first kappa shape index (κ1) is 10.5. The fraction of sp³-hybridized carbons (Fsp3) is 0.538. The normalized spacial score (nSPS) is 17.5. The molecule has 2 nitrogen and oxygen atoms in total. The summed E-state index contributed by atoms with van der Waals surface area (Å²) in [5.74, 6) is 0.909. The molecular weight excluding hydrogens is 186 g/mol. The summed E-state index contributed by atoms with van der Waals surface area (Å²) in [6.07, 6.45) is 2.40. The quantitative estimate of drug-likeness (QED) is 0.816. The van der Waals surface area contributed by atoms with Crippen LogP contribution in [0.5, 0.6) is 0 Å². The van der Waals surface area contributed by atoms with Gasteiger partial charge in [-0.15, -0.1) is 0 Å². The van der Waals surface area contributed by atoms with E-state index in [2.05, 4.69) is 24.1 Å². The summed E-state index contributed by atoms with van der Waals surface area (Å²) in [5.41, 5.74) is 2.23. The molecule has 0 radical (unpaired) electrons. The van der Waals surface area contributed by atoms with Crippen LogP contribution in [-0.4, -0.2) is 18.7 Å². The number of aliphatic hydroxyl groups is 1. The zero-order chi connectivity index (χ0) is 10.8. The maximum absolute atomic E-state index is 9.40. The second-order valence-corrected chi connectivity index (χ2v) is 4.59. The van der Waals surface area contributed by atoms with Crippen LogP contribution < -0.4 is 4.90 Å². The van der Waals surface area contributed by atoms with Gasteiger partial charge < -0.3 is 10.0 Å². The predicted octanol–water partition coefficient (Wildman–Crippen LogP) is 2.59. The van der Waals surface area contributed by atoms with E-state index in [9.17, 15) is 5.11 Å². The first-order valence-electron chi connectivity index (χ1n) is 5.66. The number of hydrogen-bond acceptors (Lipinski definition) is 2. The van der Waals surface area contributed by atoms with Gasteiger partial charge in [-0.1, -0.05) is 12.1 Å². The summed E-state index contributed by atoms with van der Waals surface area (Å²) in [5, 5.41) is 9.40. The molecule has 0 heterocycles. The van der Waals surface area contributed by atoms with Crippen LogP contribution in [0.2, 0.25) is 0 Å². The summed E-state index contributed by atoms with van der Waals surface area (Å²) in [6, 6.07) is 8.18. The lowest BCUT2D eigenvalue weighted by Gasteiger charge is -2.19. The van der Waals surface area contributed by atoms with Gasteiger partial charge in [-0.2, -0.15) is 0 Å². The fourth-order valence-electron chi connectivity index (χ4n) is 1.80. The molecule has 0 aromatic heterocycles. The van der Waals surface area contributed by atoms with Crippen molar-refractivity contribution in [1.82, 2.24) is 0 Å². The minimum absolute atomic E-state index is 0.368. The van der Waals surface area contributed by atoms with Gasteiger partial charge >= 0.3 is 0 Å². The Morgan fingerprint density at radius 2 is 1.93 bits per heavy atom. The maximum atomic E-state index is 9.40. The van der Waals surface area contributed by atoms with Crippen molar-refractivity contribution in [1.29, 1.82) is 0 Å². The molecule has 1 saturated carbocycles. The fourth-order valence-corrected chi connectivity index (χ4v) is 1.80. The van der Waals surface area contributed by atoms with Crippen LogP contribution in [-0.2, 0) is 0 Å². The highest BCUT2D eigenvalue weighted by Crippen LogP contribution is 2.31. The van der Waals surface area contributed by atoms with Gasteiger partial charge in [0.25, 0.3) is 0 Å². The molecule has 1 N–H and O–H groups in total. The van der Waals surface area contributed by atoms with Gasteiger partial charge in [0, 0.05) is 19.3 Å². The Hall–Kier alpha value is -1.02. The Morgan fingerprint density at radius 1 is 1.33 bits per heavy atom. The number of nitrogens with zero attached hydrogens (tertiary/aromatic N) is 1. The van der Waals surface area contributed by atoms with Crippen molar-refractivity contribution in [2.24, 2.45) is 5.92 Å². The average Bonchev–Trinajstić information content (AvgIpc) is 3.02. The minimum atomic E-state index is -0.368. The highest BCUT2D eigenvalue weighted by molar-refractivity contribution is 5.47. The first-order valence-corrected chi connectivity index (χ1v) is 5.66. The molecule has 1 aliphatic carbocycles. The molecule has 82 valence electrons. The molecule has 1 aromatic carbocycles. The SMILES string of the molecule is C[C@H](O)c1ccc(N(C)CC2CC2)cc1. The van der Waals surface area contributed by atoms with Crippen LogP contribution in [0.4, 0.5) is 5.69 Å². The highest BCUT2D eigenvalue weighted by atomic mass is 16.3. The van der Waals surface area contributed by atoms with Gasteiger partial charge in [0.2, 0.25) is 0 Å². The van der Waals surface area contributed by atoms with Crippen molar-refractivity contribution >= 4 is 5.69 Å². The van der Waals surface area contributed by atoms with Gasteiger partial charge in [-0.05, 0) is 43.4 Å². The third kappa shape index (κ3) is 2.72. The zero-order valence-electron chi connectivity index (χ0n) is 9.48. The average molecular weight is 205 g/mol. The zero-order valence-corrected chi connectivity index (χ0v) is 9.48. The molecule has 2 rings (SSSR count). The van der Waals surface area contributed by atoms with E-state index in [4.69, 9.17) is 0 Å². The molecule has 1 aromatic rings. The van der Waals surface area contributed by atoms with Gasteiger partial charge in [0.05, 0.1) is 6.10 Å². The van der Waals surface area contributed by atoms with Crippen molar-refractivity contribution in [3.05, 3.63) is 29.8 Å². The van der Waals surface area contributed by atoms with Crippen molar-refractivity contribution in [2.45, 2.75) is 25.9 Å². The van der Waals surface area contributed by atoms with Crippen molar-refractivity contribution in [3.8, 4) is 0 Å². The minimum Gasteiger partial charge on any atom is -0.389 e. The number of rotatable bonds is 4. The summed E-state index contributed by atoms with van der Waals surface area (Å²) in [7, 11) is 2.13. The van der Waals surface area contributed by atoms with E-state index in [1.165, 1.54) is 18.5 Å². The van der Waals surface area contributed by atoms with Crippen LogP contribution in [0, 0.1) is 5.92 Å². The van der Waals surface area contributed by atoms with E-state index in [-0.39, 0.29) is 6.10 Å². The van der Waals surface area contributed by atoms with Crippen LogP contribution in [0.25, 0.3) is 0 Å². The molecule has 0 saturated heterocycles. The molecule has 0 spiro atoms. The highest BCUT2D eigenvalue weighted by Gasteiger charge is 2.22. The van der Waals surface area contributed by atoms with E-state index in [1.54, 1.807) is 6.92 Å². The molecule has 1 aliphatic rings. The molecule has 0 unspecified atom stereocenters. The van der Waals surface area contributed by atoms with Gasteiger partial charge in [-0.25, -0.2) is 0 Å². The van der Waals surface area contributed by atoms with E-state index in [1.807, 2.05) is 12.1 Å². The van der Waals surface area contributed by atoms with E-state index in [0.29, 0.717) is 0 Å². The Kier molecular flexibility index (Phi) is 2.96. The van der Waals surface area contributed by atoms with Gasteiger partial charge in [0.15, 0.2) is 0 Å². The standard InChI is InChI=1S/C13H19NO/c1-10(15)12-5-7-13(8-6-12)14(2)9-11-3-4-11/h5-8,10-11,15H,3-4,9H2,1-2H3/t10-/m0/s1. The van der Waals surface area contributed by atoms with Crippen LogP contribution in [0.3, 0.4) is 0 Å². The van der Waals surface area contributed by atoms with Crippen LogP contribution in [0.1, 0.15) is 31.4 Å².